The fourth-order valence-corrected chi connectivity index (χ4v) is 6.20. The third kappa shape index (κ3) is 2.68. The zero-order valence-electron chi connectivity index (χ0n) is 12.4. The summed E-state index contributed by atoms with van der Waals surface area (Å²) in [6, 6.07) is 1.36. The van der Waals surface area contributed by atoms with Gasteiger partial charge in [0.1, 0.15) is 9.77 Å². The van der Waals surface area contributed by atoms with Crippen molar-refractivity contribution in [3.63, 3.8) is 0 Å². The van der Waals surface area contributed by atoms with E-state index < -0.39 is 16.0 Å². The van der Waals surface area contributed by atoms with E-state index in [0.717, 1.165) is 37.0 Å². The highest BCUT2D eigenvalue weighted by Crippen LogP contribution is 2.34. The Hall–Kier alpha value is -0.960. The largest absolute Gasteiger partial charge is 0.465 e. The molecule has 0 bridgehead atoms. The lowest BCUT2D eigenvalue weighted by Crippen LogP contribution is -2.54. The molecular formula is C14H19NO5S2. The van der Waals surface area contributed by atoms with Gasteiger partial charge in [-0.25, -0.2) is 13.2 Å². The van der Waals surface area contributed by atoms with Gasteiger partial charge in [0.05, 0.1) is 25.9 Å². The minimum atomic E-state index is -3.71. The Balaban J connectivity index is 1.95. The van der Waals surface area contributed by atoms with Gasteiger partial charge in [0.2, 0.25) is 10.0 Å². The molecule has 0 spiro atoms. The number of morpholine rings is 1. The number of fused-ring (bicyclic) bond motifs is 1. The van der Waals surface area contributed by atoms with Crippen LogP contribution in [0.2, 0.25) is 0 Å². The predicted molar refractivity (Wildman–Crippen MR) is 81.5 cm³/mol. The molecule has 1 aliphatic heterocycles. The molecular weight excluding hydrogens is 326 g/mol. The SMILES string of the molecule is COC(=O)c1sccc1S(=O)(=O)N1CCO[C@H]2CCCC[C@H]21. The molecule has 2 atom stereocenters. The number of hydrogen-bond donors (Lipinski definition) is 0. The van der Waals surface area contributed by atoms with Crippen LogP contribution in [0, 0.1) is 0 Å². The molecule has 1 aromatic rings. The van der Waals surface area contributed by atoms with Gasteiger partial charge in [0, 0.05) is 6.54 Å². The lowest BCUT2D eigenvalue weighted by molar-refractivity contribution is -0.0586. The van der Waals surface area contributed by atoms with Crippen molar-refractivity contribution in [2.75, 3.05) is 20.3 Å². The smallest absolute Gasteiger partial charge is 0.349 e. The Bertz CT molecular complexity index is 652. The molecule has 2 fully saturated rings. The van der Waals surface area contributed by atoms with Crippen molar-refractivity contribution in [1.29, 1.82) is 0 Å². The van der Waals surface area contributed by atoms with Crippen LogP contribution in [0.3, 0.4) is 0 Å². The summed E-state index contributed by atoms with van der Waals surface area (Å²) in [5, 5.41) is 1.61. The molecule has 1 aromatic heterocycles. The molecule has 2 heterocycles. The fraction of sp³-hybridized carbons (Fsp3) is 0.643. The van der Waals surface area contributed by atoms with Crippen LogP contribution >= 0.6 is 11.3 Å². The molecule has 0 N–H and O–H groups in total. The van der Waals surface area contributed by atoms with Crippen LogP contribution in [0.15, 0.2) is 16.3 Å². The minimum absolute atomic E-state index is 0.0301. The standard InChI is InChI=1S/C14H19NO5S2/c1-19-14(16)13-12(6-9-21-13)22(17,18)15-7-8-20-11-5-3-2-4-10(11)15/h6,9-11H,2-5,7-8H2,1H3/t10-,11+/m1/s1. The van der Waals surface area contributed by atoms with E-state index in [9.17, 15) is 13.2 Å². The second-order valence-corrected chi connectivity index (χ2v) is 8.26. The molecule has 0 unspecified atom stereocenters. The first-order chi connectivity index (χ1) is 10.6. The number of methoxy groups -OCH3 is 1. The normalized spacial score (nSPS) is 26.4. The van der Waals surface area contributed by atoms with E-state index in [-0.39, 0.29) is 21.9 Å². The monoisotopic (exact) mass is 345 g/mol. The molecule has 0 aromatic carbocycles. The van der Waals surface area contributed by atoms with Gasteiger partial charge in [-0.15, -0.1) is 11.3 Å². The number of hydrogen-bond acceptors (Lipinski definition) is 6. The van der Waals surface area contributed by atoms with Crippen LogP contribution in [0.1, 0.15) is 35.4 Å². The number of thiophene rings is 1. The van der Waals surface area contributed by atoms with Gasteiger partial charge < -0.3 is 9.47 Å². The molecule has 0 radical (unpaired) electrons. The van der Waals surface area contributed by atoms with Crippen molar-refractivity contribution in [2.24, 2.45) is 0 Å². The lowest BCUT2D eigenvalue weighted by Gasteiger charge is -2.42. The van der Waals surface area contributed by atoms with Gasteiger partial charge in [0.15, 0.2) is 0 Å². The summed E-state index contributed by atoms with van der Waals surface area (Å²) < 4.78 is 38.0. The summed E-state index contributed by atoms with van der Waals surface area (Å²) >= 11 is 1.09. The van der Waals surface area contributed by atoms with E-state index in [1.807, 2.05) is 0 Å². The van der Waals surface area contributed by atoms with E-state index in [2.05, 4.69) is 4.74 Å². The minimum Gasteiger partial charge on any atom is -0.465 e. The quantitative estimate of drug-likeness (QED) is 0.782. The van der Waals surface area contributed by atoms with Crippen molar-refractivity contribution >= 4 is 27.3 Å². The number of rotatable bonds is 3. The van der Waals surface area contributed by atoms with Crippen LogP contribution in [-0.2, 0) is 19.5 Å². The maximum atomic E-state index is 13.0. The first-order valence-electron chi connectivity index (χ1n) is 7.35. The van der Waals surface area contributed by atoms with Gasteiger partial charge in [-0.3, -0.25) is 0 Å². The van der Waals surface area contributed by atoms with E-state index in [1.165, 1.54) is 17.5 Å². The number of carbonyl (C=O) groups is 1. The van der Waals surface area contributed by atoms with E-state index >= 15 is 0 Å². The second-order valence-electron chi connectivity index (χ2n) is 5.48. The maximum absolute atomic E-state index is 13.0. The maximum Gasteiger partial charge on any atom is 0.349 e. The van der Waals surface area contributed by atoms with Gasteiger partial charge in [-0.1, -0.05) is 12.8 Å². The second kappa shape index (κ2) is 6.27. The number of esters is 1. The first kappa shape index (κ1) is 15.9. The Morgan fingerprint density at radius 1 is 1.41 bits per heavy atom. The van der Waals surface area contributed by atoms with E-state index in [4.69, 9.17) is 4.74 Å². The molecule has 122 valence electrons. The zero-order valence-corrected chi connectivity index (χ0v) is 14.0. The Labute approximate surface area is 134 Å². The van der Waals surface area contributed by atoms with E-state index in [1.54, 1.807) is 5.38 Å². The molecule has 0 amide bonds. The highest BCUT2D eigenvalue weighted by Gasteiger charge is 2.42. The van der Waals surface area contributed by atoms with Gasteiger partial charge in [0.25, 0.3) is 0 Å². The summed E-state index contributed by atoms with van der Waals surface area (Å²) in [6.07, 6.45) is 3.74. The van der Waals surface area contributed by atoms with Crippen molar-refractivity contribution in [1.82, 2.24) is 4.31 Å². The molecule has 2 aliphatic rings. The van der Waals surface area contributed by atoms with Crippen molar-refractivity contribution < 1.29 is 22.7 Å². The first-order valence-corrected chi connectivity index (χ1v) is 9.67. The Morgan fingerprint density at radius 2 is 2.18 bits per heavy atom. The summed E-state index contributed by atoms with van der Waals surface area (Å²) in [7, 11) is -2.46. The van der Waals surface area contributed by atoms with Crippen molar-refractivity contribution in [2.45, 2.75) is 42.7 Å². The summed E-state index contributed by atoms with van der Waals surface area (Å²) in [5.74, 6) is -0.609. The van der Waals surface area contributed by atoms with Crippen molar-refractivity contribution in [3.05, 3.63) is 16.3 Å². The Morgan fingerprint density at radius 3 is 2.95 bits per heavy atom. The molecule has 3 rings (SSSR count). The van der Waals surface area contributed by atoms with Crippen molar-refractivity contribution in [3.8, 4) is 0 Å². The highest BCUT2D eigenvalue weighted by atomic mass is 32.2. The lowest BCUT2D eigenvalue weighted by atomic mass is 9.91. The number of carbonyl (C=O) groups excluding carboxylic acids is 1. The van der Waals surface area contributed by atoms with Crippen LogP contribution < -0.4 is 0 Å². The number of sulfonamides is 1. The average Bonchev–Trinajstić information content (AvgIpc) is 3.04. The third-order valence-electron chi connectivity index (χ3n) is 4.27. The van der Waals surface area contributed by atoms with Crippen LogP contribution in [0.25, 0.3) is 0 Å². The third-order valence-corrected chi connectivity index (χ3v) is 7.26. The van der Waals surface area contributed by atoms with Gasteiger partial charge in [-0.2, -0.15) is 4.31 Å². The zero-order chi connectivity index (χ0) is 15.7. The molecule has 1 saturated carbocycles. The highest BCUT2D eigenvalue weighted by molar-refractivity contribution is 7.89. The average molecular weight is 345 g/mol. The summed E-state index contributed by atoms with van der Waals surface area (Å²) in [4.78, 5) is 12.0. The van der Waals surface area contributed by atoms with Gasteiger partial charge in [-0.05, 0) is 24.3 Å². The van der Waals surface area contributed by atoms with Gasteiger partial charge >= 0.3 is 5.97 Å². The number of ether oxygens (including phenoxy) is 2. The molecule has 22 heavy (non-hydrogen) atoms. The Kier molecular flexibility index (Phi) is 4.54. The van der Waals surface area contributed by atoms with Crippen LogP contribution in [-0.4, -0.2) is 51.1 Å². The number of nitrogens with zero attached hydrogens (tertiary/aromatic N) is 1. The molecule has 1 saturated heterocycles. The molecule has 1 aliphatic carbocycles. The topological polar surface area (TPSA) is 72.9 Å². The van der Waals surface area contributed by atoms with Crippen LogP contribution in [0.5, 0.6) is 0 Å². The fourth-order valence-electron chi connectivity index (χ4n) is 3.23. The molecule has 6 nitrogen and oxygen atoms in total. The summed E-state index contributed by atoms with van der Waals surface area (Å²) in [5.41, 5.74) is 0. The predicted octanol–water partition coefficient (Wildman–Crippen LogP) is 1.87. The molecule has 8 heteroatoms. The van der Waals surface area contributed by atoms with E-state index in [0.29, 0.717) is 13.2 Å². The summed E-state index contributed by atoms with van der Waals surface area (Å²) in [6.45, 7) is 0.734. The van der Waals surface area contributed by atoms with Crippen LogP contribution in [0.4, 0.5) is 0 Å².